The average Bonchev–Trinajstić information content (AvgIpc) is 2.66. The molecule has 0 radical (unpaired) electrons. The SMILES string of the molecule is CCNS(=O)(=O)c1ccc(C)c(C(=O)N(C)[C@@H]2CCCc3ccccc32)c1. The molecule has 0 saturated carbocycles. The van der Waals surface area contributed by atoms with E-state index in [-0.39, 0.29) is 16.8 Å². The van der Waals surface area contributed by atoms with E-state index in [1.54, 1.807) is 31.0 Å². The van der Waals surface area contributed by atoms with Crippen molar-refractivity contribution >= 4 is 15.9 Å². The molecule has 3 rings (SSSR count). The highest BCUT2D eigenvalue weighted by Crippen LogP contribution is 2.34. The number of nitrogens with one attached hydrogen (secondary N) is 1. The lowest BCUT2D eigenvalue weighted by atomic mass is 9.86. The lowest BCUT2D eigenvalue weighted by Crippen LogP contribution is -2.34. The minimum Gasteiger partial charge on any atom is -0.335 e. The van der Waals surface area contributed by atoms with Crippen molar-refractivity contribution < 1.29 is 13.2 Å². The summed E-state index contributed by atoms with van der Waals surface area (Å²) < 4.78 is 27.1. The third-order valence-electron chi connectivity index (χ3n) is 5.21. The molecule has 2 aromatic carbocycles. The number of benzene rings is 2. The fourth-order valence-corrected chi connectivity index (χ4v) is 4.80. The Labute approximate surface area is 161 Å². The van der Waals surface area contributed by atoms with Crippen LogP contribution in [0.1, 0.15) is 52.9 Å². The summed E-state index contributed by atoms with van der Waals surface area (Å²) in [6.45, 7) is 3.86. The first-order chi connectivity index (χ1) is 12.8. The van der Waals surface area contributed by atoms with Crippen molar-refractivity contribution in [2.45, 2.75) is 44.0 Å². The van der Waals surface area contributed by atoms with Gasteiger partial charge in [0.25, 0.3) is 5.91 Å². The predicted molar refractivity (Wildman–Crippen MR) is 106 cm³/mol. The van der Waals surface area contributed by atoms with Crippen molar-refractivity contribution in [3.63, 3.8) is 0 Å². The lowest BCUT2D eigenvalue weighted by Gasteiger charge is -2.33. The van der Waals surface area contributed by atoms with Gasteiger partial charge >= 0.3 is 0 Å². The van der Waals surface area contributed by atoms with Gasteiger partial charge in [0.05, 0.1) is 10.9 Å². The molecule has 1 aliphatic carbocycles. The summed E-state index contributed by atoms with van der Waals surface area (Å²) >= 11 is 0. The van der Waals surface area contributed by atoms with Crippen LogP contribution in [-0.4, -0.2) is 32.8 Å². The number of carbonyl (C=O) groups is 1. The Morgan fingerprint density at radius 2 is 1.96 bits per heavy atom. The average molecular weight is 387 g/mol. The number of carbonyl (C=O) groups excluding carboxylic acids is 1. The van der Waals surface area contributed by atoms with E-state index < -0.39 is 10.0 Å². The van der Waals surface area contributed by atoms with Gasteiger partial charge in [-0.15, -0.1) is 0 Å². The van der Waals surface area contributed by atoms with Crippen LogP contribution in [-0.2, 0) is 16.4 Å². The Morgan fingerprint density at radius 1 is 1.22 bits per heavy atom. The molecule has 1 N–H and O–H groups in total. The number of sulfonamides is 1. The van der Waals surface area contributed by atoms with Crippen LogP contribution in [0.2, 0.25) is 0 Å². The molecular weight excluding hydrogens is 360 g/mol. The maximum absolute atomic E-state index is 13.2. The first kappa shape index (κ1) is 19.6. The number of amides is 1. The summed E-state index contributed by atoms with van der Waals surface area (Å²) in [6.07, 6.45) is 2.98. The molecule has 0 aliphatic heterocycles. The van der Waals surface area contributed by atoms with E-state index in [9.17, 15) is 13.2 Å². The minimum absolute atomic E-state index is 0.0101. The quantitative estimate of drug-likeness (QED) is 0.856. The van der Waals surface area contributed by atoms with Gasteiger partial charge < -0.3 is 4.90 Å². The number of hydrogen-bond acceptors (Lipinski definition) is 3. The standard InChI is InChI=1S/C21H26N2O3S/c1-4-22-27(25,26)17-13-12-15(2)19(14-17)21(24)23(3)20-11-7-9-16-8-5-6-10-18(16)20/h5-6,8,10,12-14,20,22H,4,7,9,11H2,1-3H3/t20-/m1/s1. The number of aryl methyl sites for hydroxylation is 2. The van der Waals surface area contributed by atoms with E-state index in [1.807, 2.05) is 19.1 Å². The van der Waals surface area contributed by atoms with Gasteiger partial charge in [0, 0.05) is 19.2 Å². The Bertz CT molecular complexity index is 954. The first-order valence-corrected chi connectivity index (χ1v) is 10.8. The third kappa shape index (κ3) is 3.92. The molecule has 0 saturated heterocycles. The van der Waals surface area contributed by atoms with Crippen LogP contribution in [0.25, 0.3) is 0 Å². The van der Waals surface area contributed by atoms with Crippen molar-refractivity contribution in [3.05, 3.63) is 64.7 Å². The maximum Gasteiger partial charge on any atom is 0.254 e. The van der Waals surface area contributed by atoms with Crippen LogP contribution in [0.4, 0.5) is 0 Å². The summed E-state index contributed by atoms with van der Waals surface area (Å²) in [5.41, 5.74) is 3.67. The molecule has 1 aliphatic rings. The molecule has 1 amide bonds. The van der Waals surface area contributed by atoms with E-state index >= 15 is 0 Å². The number of fused-ring (bicyclic) bond motifs is 1. The Kier molecular flexibility index (Phi) is 5.67. The molecule has 0 spiro atoms. The summed E-state index contributed by atoms with van der Waals surface area (Å²) in [5, 5.41) is 0. The van der Waals surface area contributed by atoms with Gasteiger partial charge in [-0.05, 0) is 55.0 Å². The molecule has 6 heteroatoms. The highest BCUT2D eigenvalue weighted by atomic mass is 32.2. The van der Waals surface area contributed by atoms with Crippen LogP contribution >= 0.6 is 0 Å². The molecule has 0 unspecified atom stereocenters. The zero-order valence-corrected chi connectivity index (χ0v) is 16.8. The second kappa shape index (κ2) is 7.82. The number of rotatable bonds is 5. The zero-order chi connectivity index (χ0) is 19.6. The summed E-state index contributed by atoms with van der Waals surface area (Å²) in [7, 11) is -1.80. The lowest BCUT2D eigenvalue weighted by molar-refractivity contribution is 0.0714. The summed E-state index contributed by atoms with van der Waals surface area (Å²) in [6, 6.07) is 13.0. The minimum atomic E-state index is -3.60. The largest absolute Gasteiger partial charge is 0.335 e. The molecule has 144 valence electrons. The van der Waals surface area contributed by atoms with Crippen LogP contribution in [0.15, 0.2) is 47.4 Å². The molecule has 0 aromatic heterocycles. The maximum atomic E-state index is 13.2. The topological polar surface area (TPSA) is 66.5 Å². The van der Waals surface area contributed by atoms with Crippen molar-refractivity contribution in [1.82, 2.24) is 9.62 Å². The highest BCUT2D eigenvalue weighted by molar-refractivity contribution is 7.89. The molecule has 27 heavy (non-hydrogen) atoms. The second-order valence-electron chi connectivity index (χ2n) is 7.00. The Morgan fingerprint density at radius 3 is 2.70 bits per heavy atom. The van der Waals surface area contributed by atoms with Gasteiger partial charge in [0.1, 0.15) is 0 Å². The molecule has 2 aromatic rings. The van der Waals surface area contributed by atoms with Gasteiger partial charge in [0.2, 0.25) is 10.0 Å². The van der Waals surface area contributed by atoms with E-state index in [0.717, 1.165) is 24.8 Å². The van der Waals surface area contributed by atoms with Crippen LogP contribution in [0.3, 0.4) is 0 Å². The van der Waals surface area contributed by atoms with Crippen molar-refractivity contribution in [2.24, 2.45) is 0 Å². The van der Waals surface area contributed by atoms with Crippen LogP contribution < -0.4 is 4.72 Å². The van der Waals surface area contributed by atoms with E-state index in [2.05, 4.69) is 16.9 Å². The zero-order valence-electron chi connectivity index (χ0n) is 16.0. The molecule has 5 nitrogen and oxygen atoms in total. The Balaban J connectivity index is 1.95. The van der Waals surface area contributed by atoms with Crippen molar-refractivity contribution in [2.75, 3.05) is 13.6 Å². The van der Waals surface area contributed by atoms with Gasteiger partial charge in [-0.25, -0.2) is 13.1 Å². The monoisotopic (exact) mass is 386 g/mol. The smallest absolute Gasteiger partial charge is 0.254 e. The van der Waals surface area contributed by atoms with E-state index in [0.29, 0.717) is 12.1 Å². The molecule has 0 bridgehead atoms. The van der Waals surface area contributed by atoms with E-state index in [1.165, 1.54) is 17.2 Å². The fraction of sp³-hybridized carbons (Fsp3) is 0.381. The van der Waals surface area contributed by atoms with E-state index in [4.69, 9.17) is 0 Å². The number of nitrogens with zero attached hydrogens (tertiary/aromatic N) is 1. The van der Waals surface area contributed by atoms with Gasteiger partial charge in [-0.2, -0.15) is 0 Å². The molecule has 0 fully saturated rings. The molecule has 1 atom stereocenters. The van der Waals surface area contributed by atoms with Crippen LogP contribution in [0.5, 0.6) is 0 Å². The van der Waals surface area contributed by atoms with Gasteiger partial charge in [-0.3, -0.25) is 4.79 Å². The highest BCUT2D eigenvalue weighted by Gasteiger charge is 2.28. The Hall–Kier alpha value is -2.18. The fourth-order valence-electron chi connectivity index (χ4n) is 3.73. The van der Waals surface area contributed by atoms with Crippen molar-refractivity contribution in [1.29, 1.82) is 0 Å². The number of hydrogen-bond donors (Lipinski definition) is 1. The normalized spacial score (nSPS) is 16.6. The van der Waals surface area contributed by atoms with Crippen LogP contribution in [0, 0.1) is 6.92 Å². The summed E-state index contributed by atoms with van der Waals surface area (Å²) in [5.74, 6) is -0.150. The molecular formula is C21H26N2O3S. The first-order valence-electron chi connectivity index (χ1n) is 9.30. The van der Waals surface area contributed by atoms with Gasteiger partial charge in [0.15, 0.2) is 0 Å². The molecule has 0 heterocycles. The second-order valence-corrected chi connectivity index (χ2v) is 8.77. The van der Waals surface area contributed by atoms with Gasteiger partial charge in [-0.1, -0.05) is 37.3 Å². The third-order valence-corrected chi connectivity index (χ3v) is 6.75. The predicted octanol–water partition coefficient (Wildman–Crippen LogP) is 3.44. The summed E-state index contributed by atoms with van der Waals surface area (Å²) in [4.78, 5) is 15.1. The van der Waals surface area contributed by atoms with Crippen molar-refractivity contribution in [3.8, 4) is 0 Å².